The summed E-state index contributed by atoms with van der Waals surface area (Å²) in [5, 5.41) is 3.50. The first-order chi connectivity index (χ1) is 10.3. The predicted molar refractivity (Wildman–Crippen MR) is 82.5 cm³/mol. The van der Waals surface area contributed by atoms with Crippen LogP contribution >= 0.6 is 0 Å². The molecule has 1 fully saturated rings. The van der Waals surface area contributed by atoms with E-state index < -0.39 is 0 Å². The van der Waals surface area contributed by atoms with Crippen LogP contribution in [0, 0.1) is 0 Å². The van der Waals surface area contributed by atoms with Crippen LogP contribution in [0.1, 0.15) is 18.4 Å². The van der Waals surface area contributed by atoms with Gasteiger partial charge < -0.3 is 14.6 Å². The van der Waals surface area contributed by atoms with Crippen LogP contribution in [-0.2, 0) is 13.1 Å². The van der Waals surface area contributed by atoms with E-state index in [0.717, 1.165) is 12.3 Å². The van der Waals surface area contributed by atoms with E-state index in [0.29, 0.717) is 19.2 Å². The first kappa shape index (κ1) is 13.9. The van der Waals surface area contributed by atoms with Crippen LogP contribution in [0.15, 0.2) is 53.5 Å². The molecular formula is C17H20N2O2. The Morgan fingerprint density at radius 1 is 1.14 bits per heavy atom. The zero-order chi connectivity index (χ0) is 14.5. The molecule has 1 aromatic carbocycles. The van der Waals surface area contributed by atoms with E-state index in [4.69, 9.17) is 4.74 Å². The number of nitrogens with zero attached hydrogens (tertiary/aromatic N) is 1. The van der Waals surface area contributed by atoms with Gasteiger partial charge in [0.2, 0.25) is 0 Å². The highest BCUT2D eigenvalue weighted by Gasteiger charge is 2.20. The Morgan fingerprint density at radius 3 is 2.76 bits per heavy atom. The number of hydrogen-bond acceptors (Lipinski definition) is 3. The molecule has 0 spiro atoms. The summed E-state index contributed by atoms with van der Waals surface area (Å²) in [6.07, 6.45) is 4.34. The predicted octanol–water partition coefficient (Wildman–Crippen LogP) is 2.18. The quantitative estimate of drug-likeness (QED) is 0.847. The SMILES string of the molecule is O=c1ccccn1CCOc1ccccc1CNC1CC1. The summed E-state index contributed by atoms with van der Waals surface area (Å²) in [5.41, 5.74) is 1.18. The third-order valence-corrected chi connectivity index (χ3v) is 3.62. The van der Waals surface area contributed by atoms with Crippen molar-refractivity contribution >= 4 is 0 Å². The molecule has 1 heterocycles. The van der Waals surface area contributed by atoms with Crippen LogP contribution in [0.3, 0.4) is 0 Å². The van der Waals surface area contributed by atoms with Crippen molar-refractivity contribution in [1.29, 1.82) is 0 Å². The average molecular weight is 284 g/mol. The number of para-hydroxylation sites is 1. The van der Waals surface area contributed by atoms with Gasteiger partial charge in [0.05, 0.1) is 6.54 Å². The molecule has 1 aliphatic carbocycles. The minimum atomic E-state index is 0.00443. The molecule has 21 heavy (non-hydrogen) atoms. The lowest BCUT2D eigenvalue weighted by molar-refractivity contribution is 0.293. The molecule has 0 aliphatic heterocycles. The maximum Gasteiger partial charge on any atom is 0.250 e. The van der Waals surface area contributed by atoms with Crippen molar-refractivity contribution in [3.8, 4) is 5.75 Å². The molecule has 0 bridgehead atoms. The largest absolute Gasteiger partial charge is 0.491 e. The first-order valence-electron chi connectivity index (χ1n) is 7.42. The second kappa shape index (κ2) is 6.59. The van der Waals surface area contributed by atoms with Gasteiger partial charge in [-0.15, -0.1) is 0 Å². The molecule has 0 unspecified atom stereocenters. The Labute approximate surface area is 124 Å². The Bertz CT molecular complexity index is 647. The van der Waals surface area contributed by atoms with Crippen LogP contribution in [0.5, 0.6) is 5.75 Å². The standard InChI is InChI=1S/C17H20N2O2/c20-17-7-3-4-10-19(17)11-12-21-16-6-2-1-5-14(16)13-18-15-8-9-15/h1-7,10,15,18H,8-9,11-13H2. The van der Waals surface area contributed by atoms with Gasteiger partial charge in [0.1, 0.15) is 12.4 Å². The van der Waals surface area contributed by atoms with Gasteiger partial charge in [0.25, 0.3) is 5.56 Å². The van der Waals surface area contributed by atoms with Crippen LogP contribution in [0.4, 0.5) is 0 Å². The molecule has 4 heteroatoms. The fraction of sp³-hybridized carbons (Fsp3) is 0.353. The molecular weight excluding hydrogens is 264 g/mol. The van der Waals surface area contributed by atoms with Gasteiger partial charge in [-0.25, -0.2) is 0 Å². The summed E-state index contributed by atoms with van der Waals surface area (Å²) in [7, 11) is 0. The van der Waals surface area contributed by atoms with Crippen LogP contribution < -0.4 is 15.6 Å². The van der Waals surface area contributed by atoms with Crippen LogP contribution in [0.25, 0.3) is 0 Å². The van der Waals surface area contributed by atoms with Crippen molar-refractivity contribution in [2.75, 3.05) is 6.61 Å². The lowest BCUT2D eigenvalue weighted by Crippen LogP contribution is -2.21. The van der Waals surface area contributed by atoms with Gasteiger partial charge in [-0.2, -0.15) is 0 Å². The van der Waals surface area contributed by atoms with Crippen LogP contribution in [-0.4, -0.2) is 17.2 Å². The molecule has 110 valence electrons. The summed E-state index contributed by atoms with van der Waals surface area (Å²) < 4.78 is 7.51. The molecule has 1 aliphatic rings. The number of hydrogen-bond donors (Lipinski definition) is 1. The normalized spacial score (nSPS) is 14.1. The smallest absolute Gasteiger partial charge is 0.250 e. The zero-order valence-electron chi connectivity index (χ0n) is 12.0. The van der Waals surface area contributed by atoms with E-state index >= 15 is 0 Å². The molecule has 1 saturated carbocycles. The first-order valence-corrected chi connectivity index (χ1v) is 7.42. The highest BCUT2D eigenvalue weighted by atomic mass is 16.5. The Kier molecular flexibility index (Phi) is 4.36. The highest BCUT2D eigenvalue weighted by Crippen LogP contribution is 2.22. The Balaban J connectivity index is 1.57. The van der Waals surface area contributed by atoms with E-state index in [1.54, 1.807) is 22.9 Å². The molecule has 3 rings (SSSR count). The number of nitrogens with one attached hydrogen (secondary N) is 1. The topological polar surface area (TPSA) is 43.3 Å². The zero-order valence-corrected chi connectivity index (χ0v) is 12.0. The van der Waals surface area contributed by atoms with Crippen molar-refractivity contribution in [2.45, 2.75) is 32.0 Å². The summed E-state index contributed by atoms with van der Waals surface area (Å²) in [6, 6.07) is 13.9. The summed E-state index contributed by atoms with van der Waals surface area (Å²) in [6.45, 7) is 1.89. The average Bonchev–Trinajstić information content (AvgIpc) is 3.32. The maximum atomic E-state index is 11.6. The van der Waals surface area contributed by atoms with Crippen molar-refractivity contribution < 1.29 is 4.74 Å². The lowest BCUT2D eigenvalue weighted by atomic mass is 10.2. The maximum absolute atomic E-state index is 11.6. The second-order valence-corrected chi connectivity index (χ2v) is 5.34. The number of pyridine rings is 1. The van der Waals surface area contributed by atoms with Crippen molar-refractivity contribution in [1.82, 2.24) is 9.88 Å². The molecule has 1 aromatic heterocycles. The van der Waals surface area contributed by atoms with E-state index in [2.05, 4.69) is 11.4 Å². The van der Waals surface area contributed by atoms with Crippen LogP contribution in [0.2, 0.25) is 0 Å². The summed E-state index contributed by atoms with van der Waals surface area (Å²) in [4.78, 5) is 11.6. The molecule has 0 atom stereocenters. The third-order valence-electron chi connectivity index (χ3n) is 3.62. The highest BCUT2D eigenvalue weighted by molar-refractivity contribution is 5.33. The van der Waals surface area contributed by atoms with Crippen molar-refractivity contribution in [3.63, 3.8) is 0 Å². The molecule has 4 nitrogen and oxygen atoms in total. The van der Waals surface area contributed by atoms with Gasteiger partial charge in [0.15, 0.2) is 0 Å². The lowest BCUT2D eigenvalue weighted by Gasteiger charge is -2.12. The van der Waals surface area contributed by atoms with Gasteiger partial charge in [-0.3, -0.25) is 4.79 Å². The Morgan fingerprint density at radius 2 is 1.95 bits per heavy atom. The van der Waals surface area contributed by atoms with Gasteiger partial charge >= 0.3 is 0 Å². The fourth-order valence-corrected chi connectivity index (χ4v) is 2.23. The number of aromatic nitrogens is 1. The molecule has 1 N–H and O–H groups in total. The minimum absolute atomic E-state index is 0.00443. The van der Waals surface area contributed by atoms with Gasteiger partial charge in [-0.05, 0) is 25.0 Å². The van der Waals surface area contributed by atoms with E-state index in [-0.39, 0.29) is 5.56 Å². The van der Waals surface area contributed by atoms with Crippen molar-refractivity contribution in [3.05, 3.63) is 64.6 Å². The summed E-state index contributed by atoms with van der Waals surface area (Å²) in [5.74, 6) is 0.898. The van der Waals surface area contributed by atoms with E-state index in [9.17, 15) is 4.79 Å². The van der Waals surface area contributed by atoms with Crippen molar-refractivity contribution in [2.24, 2.45) is 0 Å². The number of rotatable bonds is 7. The molecule has 0 saturated heterocycles. The third kappa shape index (κ3) is 3.95. The monoisotopic (exact) mass is 284 g/mol. The molecule has 0 amide bonds. The molecule has 0 radical (unpaired) electrons. The fourth-order valence-electron chi connectivity index (χ4n) is 2.23. The summed E-state index contributed by atoms with van der Waals surface area (Å²) >= 11 is 0. The van der Waals surface area contributed by atoms with Gasteiger partial charge in [-0.1, -0.05) is 24.3 Å². The number of benzene rings is 1. The second-order valence-electron chi connectivity index (χ2n) is 5.34. The van der Waals surface area contributed by atoms with E-state index in [1.165, 1.54) is 18.4 Å². The van der Waals surface area contributed by atoms with Gasteiger partial charge in [0, 0.05) is 30.4 Å². The number of ether oxygens (including phenoxy) is 1. The molecule has 2 aromatic rings. The van der Waals surface area contributed by atoms with E-state index in [1.807, 2.05) is 24.3 Å². The minimum Gasteiger partial charge on any atom is -0.491 e. The Hall–Kier alpha value is -2.07.